The summed E-state index contributed by atoms with van der Waals surface area (Å²) in [7, 11) is 0. The Morgan fingerprint density at radius 3 is 2.61 bits per heavy atom. The minimum absolute atomic E-state index is 0.0236. The summed E-state index contributed by atoms with van der Waals surface area (Å²) in [5.41, 5.74) is 2.50. The molecule has 0 bridgehead atoms. The number of ether oxygens (including phenoxy) is 1. The summed E-state index contributed by atoms with van der Waals surface area (Å²) in [5.74, 6) is 2.03. The van der Waals surface area contributed by atoms with E-state index >= 15 is 0 Å². The largest absolute Gasteiger partial charge is 0.441 e. The molecule has 1 fully saturated rings. The van der Waals surface area contributed by atoms with Gasteiger partial charge in [0.15, 0.2) is 12.4 Å². The van der Waals surface area contributed by atoms with Gasteiger partial charge in [-0.25, -0.2) is 9.78 Å². The number of carbonyl (C=O) groups is 1. The van der Waals surface area contributed by atoms with Gasteiger partial charge in [0.25, 0.3) is 0 Å². The van der Waals surface area contributed by atoms with Crippen molar-refractivity contribution in [2.45, 2.75) is 25.9 Å². The standard InChI is InChI=1S/C27H26Cl2N4O3/c28-21-4-1-19(2-5-21)25-16-23(36-32-25)17-35-27(34)30-12-9-18-10-13-33(14-11-18)26-8-3-20-15-22(29)6-7-24(20)31-26/h1-8,15-16,18H,9-14,17H2,(H,30,34). The molecule has 2 aromatic heterocycles. The van der Waals surface area contributed by atoms with Gasteiger partial charge in [-0.1, -0.05) is 40.5 Å². The van der Waals surface area contributed by atoms with Crippen LogP contribution in [0.1, 0.15) is 25.0 Å². The smallest absolute Gasteiger partial charge is 0.407 e. The molecule has 0 aliphatic carbocycles. The van der Waals surface area contributed by atoms with Crippen LogP contribution in [0, 0.1) is 5.92 Å². The fourth-order valence-electron chi connectivity index (χ4n) is 4.42. The second-order valence-corrected chi connectivity index (χ2v) is 9.79. The zero-order chi connectivity index (χ0) is 24.9. The van der Waals surface area contributed by atoms with Crippen LogP contribution in [0.2, 0.25) is 10.0 Å². The number of nitrogens with zero attached hydrogens (tertiary/aromatic N) is 3. The molecule has 1 aliphatic rings. The average molecular weight is 525 g/mol. The molecule has 1 amide bonds. The average Bonchev–Trinajstić information content (AvgIpc) is 3.37. The number of rotatable bonds is 7. The molecule has 186 valence electrons. The second kappa shape index (κ2) is 11.2. The normalized spacial score (nSPS) is 14.2. The monoisotopic (exact) mass is 524 g/mol. The number of benzene rings is 2. The molecule has 3 heterocycles. The number of hydrogen-bond acceptors (Lipinski definition) is 6. The van der Waals surface area contributed by atoms with Crippen molar-refractivity contribution in [3.63, 3.8) is 0 Å². The number of fused-ring (bicyclic) bond motifs is 1. The van der Waals surface area contributed by atoms with E-state index in [1.54, 1.807) is 18.2 Å². The van der Waals surface area contributed by atoms with E-state index in [4.69, 9.17) is 37.4 Å². The van der Waals surface area contributed by atoms with E-state index in [9.17, 15) is 4.79 Å². The number of piperidine rings is 1. The molecule has 36 heavy (non-hydrogen) atoms. The molecule has 0 spiro atoms. The van der Waals surface area contributed by atoms with E-state index in [0.29, 0.717) is 28.9 Å². The van der Waals surface area contributed by atoms with Crippen LogP contribution in [0.4, 0.5) is 10.6 Å². The summed E-state index contributed by atoms with van der Waals surface area (Å²) in [5, 5.41) is 9.28. The first-order valence-electron chi connectivity index (χ1n) is 12.0. The zero-order valence-corrected chi connectivity index (χ0v) is 21.1. The number of alkyl carbamates (subject to hydrolysis) is 1. The van der Waals surface area contributed by atoms with Gasteiger partial charge in [0.1, 0.15) is 11.5 Å². The predicted octanol–water partition coefficient (Wildman–Crippen LogP) is 6.73. The lowest BCUT2D eigenvalue weighted by Crippen LogP contribution is -2.35. The lowest BCUT2D eigenvalue weighted by molar-refractivity contribution is 0.127. The van der Waals surface area contributed by atoms with Crippen molar-refractivity contribution >= 4 is 46.0 Å². The quantitative estimate of drug-likeness (QED) is 0.288. The maximum Gasteiger partial charge on any atom is 0.407 e. The number of aromatic nitrogens is 2. The molecule has 2 aromatic carbocycles. The predicted molar refractivity (Wildman–Crippen MR) is 141 cm³/mol. The molecular formula is C27H26Cl2N4O3. The summed E-state index contributed by atoms with van der Waals surface area (Å²) < 4.78 is 10.5. The maximum atomic E-state index is 12.1. The van der Waals surface area contributed by atoms with E-state index in [2.05, 4.69) is 27.5 Å². The summed E-state index contributed by atoms with van der Waals surface area (Å²) >= 11 is 12.0. The van der Waals surface area contributed by atoms with Crippen molar-refractivity contribution in [1.82, 2.24) is 15.5 Å². The number of hydrogen-bond donors (Lipinski definition) is 1. The molecule has 7 nitrogen and oxygen atoms in total. The molecule has 9 heteroatoms. The van der Waals surface area contributed by atoms with Gasteiger partial charge in [-0.3, -0.25) is 0 Å². The summed E-state index contributed by atoms with van der Waals surface area (Å²) in [4.78, 5) is 19.2. The Labute approximate surface area is 219 Å². The van der Waals surface area contributed by atoms with Crippen molar-refractivity contribution in [2.75, 3.05) is 24.5 Å². The number of anilines is 1. The molecule has 0 atom stereocenters. The first-order valence-corrected chi connectivity index (χ1v) is 12.7. The molecule has 0 radical (unpaired) electrons. The number of nitrogens with one attached hydrogen (secondary N) is 1. The Morgan fingerprint density at radius 1 is 1.03 bits per heavy atom. The summed E-state index contributed by atoms with van der Waals surface area (Å²) in [6.45, 7) is 2.49. The number of halogens is 2. The van der Waals surface area contributed by atoms with E-state index < -0.39 is 6.09 Å². The first kappa shape index (κ1) is 24.4. The second-order valence-electron chi connectivity index (χ2n) is 8.91. The minimum Gasteiger partial charge on any atom is -0.441 e. The van der Waals surface area contributed by atoms with Crippen molar-refractivity contribution in [3.05, 3.63) is 76.5 Å². The minimum atomic E-state index is -0.461. The fraction of sp³-hybridized carbons (Fsp3) is 0.296. The van der Waals surface area contributed by atoms with Gasteiger partial charge in [0, 0.05) is 46.7 Å². The Bertz CT molecular complexity index is 1330. The van der Waals surface area contributed by atoms with Crippen LogP contribution < -0.4 is 10.2 Å². The molecular weight excluding hydrogens is 499 g/mol. The first-order chi connectivity index (χ1) is 17.5. The van der Waals surface area contributed by atoms with Crippen molar-refractivity contribution in [1.29, 1.82) is 0 Å². The molecule has 1 aliphatic heterocycles. The van der Waals surface area contributed by atoms with Gasteiger partial charge in [-0.15, -0.1) is 0 Å². The van der Waals surface area contributed by atoms with Crippen molar-refractivity contribution < 1.29 is 14.1 Å². The summed E-state index contributed by atoms with van der Waals surface area (Å²) in [6, 6.07) is 18.9. The van der Waals surface area contributed by atoms with Gasteiger partial charge in [-0.05, 0) is 67.6 Å². The highest BCUT2D eigenvalue weighted by atomic mass is 35.5. The third-order valence-electron chi connectivity index (χ3n) is 6.44. The molecule has 4 aromatic rings. The lowest BCUT2D eigenvalue weighted by Gasteiger charge is -2.33. The Balaban J connectivity index is 1.02. The van der Waals surface area contributed by atoms with Crippen LogP contribution in [-0.2, 0) is 11.3 Å². The highest BCUT2D eigenvalue weighted by molar-refractivity contribution is 6.31. The Hall–Kier alpha value is -3.29. The third kappa shape index (κ3) is 6.09. The van der Waals surface area contributed by atoms with Gasteiger partial charge >= 0.3 is 6.09 Å². The van der Waals surface area contributed by atoms with Crippen LogP contribution in [0.3, 0.4) is 0 Å². The molecule has 5 rings (SSSR count). The number of amides is 1. The Kier molecular flexibility index (Phi) is 7.58. The molecule has 0 saturated carbocycles. The van der Waals surface area contributed by atoms with E-state index in [1.165, 1.54) is 0 Å². The number of carbonyl (C=O) groups excluding carboxylic acids is 1. The molecule has 1 N–H and O–H groups in total. The van der Waals surface area contributed by atoms with Crippen LogP contribution >= 0.6 is 23.2 Å². The van der Waals surface area contributed by atoms with Gasteiger partial charge in [0.05, 0.1) is 5.52 Å². The van der Waals surface area contributed by atoms with Crippen LogP contribution in [0.25, 0.3) is 22.2 Å². The van der Waals surface area contributed by atoms with Crippen molar-refractivity contribution in [2.24, 2.45) is 5.92 Å². The highest BCUT2D eigenvalue weighted by Gasteiger charge is 2.20. The maximum absolute atomic E-state index is 12.1. The van der Waals surface area contributed by atoms with E-state index in [0.717, 1.165) is 59.7 Å². The van der Waals surface area contributed by atoms with Crippen LogP contribution in [-0.4, -0.2) is 35.9 Å². The topological polar surface area (TPSA) is 80.5 Å². The zero-order valence-electron chi connectivity index (χ0n) is 19.6. The molecule has 0 unspecified atom stereocenters. The Morgan fingerprint density at radius 2 is 1.81 bits per heavy atom. The van der Waals surface area contributed by atoms with E-state index in [-0.39, 0.29) is 6.61 Å². The van der Waals surface area contributed by atoms with E-state index in [1.807, 2.05) is 30.3 Å². The highest BCUT2D eigenvalue weighted by Crippen LogP contribution is 2.26. The summed E-state index contributed by atoms with van der Waals surface area (Å²) in [6.07, 6.45) is 2.57. The number of pyridine rings is 1. The van der Waals surface area contributed by atoms with Crippen molar-refractivity contribution in [3.8, 4) is 11.3 Å². The van der Waals surface area contributed by atoms with Gasteiger partial charge in [-0.2, -0.15) is 0 Å². The van der Waals surface area contributed by atoms with Gasteiger partial charge in [0.2, 0.25) is 0 Å². The molecule has 1 saturated heterocycles. The lowest BCUT2D eigenvalue weighted by atomic mass is 9.93. The van der Waals surface area contributed by atoms with Gasteiger partial charge < -0.3 is 19.5 Å². The third-order valence-corrected chi connectivity index (χ3v) is 6.93. The van der Waals surface area contributed by atoms with Crippen LogP contribution in [0.5, 0.6) is 0 Å². The van der Waals surface area contributed by atoms with Crippen LogP contribution in [0.15, 0.2) is 65.2 Å². The SMILES string of the molecule is O=C(NCCC1CCN(c2ccc3cc(Cl)ccc3n2)CC1)OCc1cc(-c2ccc(Cl)cc2)no1. The fourth-order valence-corrected chi connectivity index (χ4v) is 4.72.